The van der Waals surface area contributed by atoms with Crippen LogP contribution in [0.5, 0.6) is 0 Å². The van der Waals surface area contributed by atoms with Gasteiger partial charge in [-0.05, 0) is 19.8 Å². The number of nitrogens with zero attached hydrogens (tertiary/aromatic N) is 1. The molecule has 0 spiro atoms. The predicted octanol–water partition coefficient (Wildman–Crippen LogP) is 3.19. The third kappa shape index (κ3) is 12.1. The van der Waals surface area contributed by atoms with E-state index in [1.165, 1.54) is 6.08 Å². The number of carbonyl (C=O) groups excluding carboxylic acids is 1. The second-order valence-corrected chi connectivity index (χ2v) is 8.40. The molecule has 6 nitrogen and oxygen atoms in total. The van der Waals surface area contributed by atoms with Crippen LogP contribution in [-0.2, 0) is 19.6 Å². The van der Waals surface area contributed by atoms with E-state index in [-0.39, 0.29) is 11.9 Å². The second kappa shape index (κ2) is 12.4. The smallest absolute Gasteiger partial charge is 0.330 e. The van der Waals surface area contributed by atoms with E-state index in [4.69, 9.17) is 9.29 Å². The number of ether oxygens (including phenoxy) is 1. The first-order valence-corrected chi connectivity index (χ1v) is 10.9. The Bertz CT molecular complexity index is 482. The third-order valence-electron chi connectivity index (χ3n) is 4.50. The molecule has 0 saturated carbocycles. The van der Waals surface area contributed by atoms with Crippen molar-refractivity contribution < 1.29 is 27.0 Å². The standard InChI is InChI=1S/C18H35NO5S/c1-5-8-12-19(13-9-6-2,14-10-16-25(21,22)23)15-11-17(4)24-18(20)7-3/h7,17H,3,5-6,8-16H2,1-2,4H3/p+1. The van der Waals surface area contributed by atoms with E-state index in [1.807, 2.05) is 6.92 Å². The monoisotopic (exact) mass is 378 g/mol. The van der Waals surface area contributed by atoms with Crippen LogP contribution in [0.1, 0.15) is 59.3 Å². The molecule has 0 rings (SSSR count). The minimum absolute atomic E-state index is 0.201. The molecule has 1 unspecified atom stereocenters. The zero-order chi connectivity index (χ0) is 19.3. The molecule has 0 heterocycles. The van der Waals surface area contributed by atoms with Crippen LogP contribution in [0.3, 0.4) is 0 Å². The third-order valence-corrected chi connectivity index (χ3v) is 5.31. The van der Waals surface area contributed by atoms with E-state index in [0.29, 0.717) is 13.0 Å². The van der Waals surface area contributed by atoms with Gasteiger partial charge in [0.25, 0.3) is 10.1 Å². The molecule has 0 aromatic rings. The van der Waals surface area contributed by atoms with Gasteiger partial charge >= 0.3 is 5.97 Å². The lowest BCUT2D eigenvalue weighted by Crippen LogP contribution is -2.51. The Labute approximate surface area is 153 Å². The number of unbranched alkanes of at least 4 members (excludes halogenated alkanes) is 2. The fourth-order valence-electron chi connectivity index (χ4n) is 3.00. The van der Waals surface area contributed by atoms with Crippen molar-refractivity contribution in [2.75, 3.05) is 31.9 Å². The van der Waals surface area contributed by atoms with Crippen molar-refractivity contribution in [1.29, 1.82) is 0 Å². The normalized spacial score (nSPS) is 13.4. The molecule has 25 heavy (non-hydrogen) atoms. The van der Waals surface area contributed by atoms with Crippen molar-refractivity contribution in [3.05, 3.63) is 12.7 Å². The molecule has 0 aromatic heterocycles. The maximum absolute atomic E-state index is 11.3. The van der Waals surface area contributed by atoms with Gasteiger partial charge in [0.15, 0.2) is 0 Å². The Hall–Kier alpha value is -0.920. The Kier molecular flexibility index (Phi) is 12.0. The van der Waals surface area contributed by atoms with E-state index < -0.39 is 16.1 Å². The Morgan fingerprint density at radius 2 is 1.64 bits per heavy atom. The maximum atomic E-state index is 11.3. The minimum Gasteiger partial charge on any atom is -0.459 e. The average molecular weight is 379 g/mol. The summed E-state index contributed by atoms with van der Waals surface area (Å²) in [5.41, 5.74) is 0. The van der Waals surface area contributed by atoms with Gasteiger partial charge in [-0.3, -0.25) is 4.55 Å². The van der Waals surface area contributed by atoms with Gasteiger partial charge in [0, 0.05) is 18.9 Å². The van der Waals surface area contributed by atoms with Crippen LogP contribution < -0.4 is 0 Å². The van der Waals surface area contributed by atoms with E-state index in [1.54, 1.807) is 0 Å². The fraction of sp³-hybridized carbons (Fsp3) is 0.833. The lowest BCUT2D eigenvalue weighted by molar-refractivity contribution is -0.929. The molecule has 0 aromatic carbocycles. The van der Waals surface area contributed by atoms with Crippen molar-refractivity contribution >= 4 is 16.1 Å². The molecule has 0 fully saturated rings. The Balaban J connectivity index is 4.95. The quantitative estimate of drug-likeness (QED) is 0.205. The van der Waals surface area contributed by atoms with Crippen LogP contribution in [-0.4, -0.2) is 61.5 Å². The van der Waals surface area contributed by atoms with Gasteiger partial charge in [-0.15, -0.1) is 0 Å². The predicted molar refractivity (Wildman–Crippen MR) is 101 cm³/mol. The molecule has 0 aliphatic rings. The number of hydrogen-bond acceptors (Lipinski definition) is 4. The van der Waals surface area contributed by atoms with Crippen LogP contribution in [0.15, 0.2) is 12.7 Å². The highest BCUT2D eigenvalue weighted by Gasteiger charge is 2.27. The first-order valence-electron chi connectivity index (χ1n) is 9.31. The van der Waals surface area contributed by atoms with Gasteiger partial charge in [0.1, 0.15) is 6.10 Å². The van der Waals surface area contributed by atoms with Crippen molar-refractivity contribution in [2.45, 2.75) is 65.4 Å². The maximum Gasteiger partial charge on any atom is 0.330 e. The number of carbonyl (C=O) groups is 1. The zero-order valence-electron chi connectivity index (χ0n) is 16.1. The van der Waals surface area contributed by atoms with Crippen LogP contribution in [0, 0.1) is 0 Å². The number of quaternary nitrogens is 1. The summed E-state index contributed by atoms with van der Waals surface area (Å²) in [6, 6.07) is 0. The number of hydrogen-bond donors (Lipinski definition) is 1. The highest BCUT2D eigenvalue weighted by atomic mass is 32.2. The summed E-state index contributed by atoms with van der Waals surface area (Å²) in [6.07, 6.45) is 6.40. The summed E-state index contributed by atoms with van der Waals surface area (Å²) in [5.74, 6) is -0.620. The lowest BCUT2D eigenvalue weighted by Gasteiger charge is -2.40. The molecular formula is C18H36NO5S+. The topological polar surface area (TPSA) is 80.7 Å². The Morgan fingerprint density at radius 1 is 1.12 bits per heavy atom. The van der Waals surface area contributed by atoms with E-state index >= 15 is 0 Å². The number of esters is 1. The van der Waals surface area contributed by atoms with Crippen LogP contribution in [0.25, 0.3) is 0 Å². The molecule has 1 atom stereocenters. The lowest BCUT2D eigenvalue weighted by atomic mass is 10.1. The SMILES string of the molecule is C=CC(=O)OC(C)CC[N+](CCCC)(CCCC)CCCS(=O)(=O)O. The summed E-state index contributed by atoms with van der Waals surface area (Å²) in [7, 11) is -3.93. The van der Waals surface area contributed by atoms with Gasteiger partial charge < -0.3 is 9.22 Å². The summed E-state index contributed by atoms with van der Waals surface area (Å²) in [4.78, 5) is 11.3. The summed E-state index contributed by atoms with van der Waals surface area (Å²) in [6.45, 7) is 13.1. The first kappa shape index (κ1) is 24.1. The van der Waals surface area contributed by atoms with Crippen molar-refractivity contribution in [3.8, 4) is 0 Å². The largest absolute Gasteiger partial charge is 0.459 e. The molecule has 148 valence electrons. The molecule has 0 aliphatic carbocycles. The summed E-state index contributed by atoms with van der Waals surface area (Å²) >= 11 is 0. The van der Waals surface area contributed by atoms with E-state index in [2.05, 4.69) is 20.4 Å². The summed E-state index contributed by atoms with van der Waals surface area (Å²) < 4.78 is 37.2. The van der Waals surface area contributed by atoms with Gasteiger partial charge in [-0.25, -0.2) is 4.79 Å². The highest BCUT2D eigenvalue weighted by molar-refractivity contribution is 7.85. The average Bonchev–Trinajstić information content (AvgIpc) is 2.54. The van der Waals surface area contributed by atoms with Crippen molar-refractivity contribution in [1.82, 2.24) is 0 Å². The van der Waals surface area contributed by atoms with Crippen LogP contribution in [0.2, 0.25) is 0 Å². The molecule has 0 saturated heterocycles. The molecule has 1 N–H and O–H groups in total. The molecule has 7 heteroatoms. The van der Waals surface area contributed by atoms with Crippen LogP contribution in [0.4, 0.5) is 0 Å². The van der Waals surface area contributed by atoms with Crippen molar-refractivity contribution in [2.24, 2.45) is 0 Å². The molecule has 0 amide bonds. The zero-order valence-corrected chi connectivity index (χ0v) is 16.9. The number of rotatable bonds is 15. The molecular weight excluding hydrogens is 342 g/mol. The van der Waals surface area contributed by atoms with Gasteiger partial charge in [-0.1, -0.05) is 33.3 Å². The molecule has 0 aliphatic heterocycles. The van der Waals surface area contributed by atoms with Gasteiger partial charge in [0.05, 0.1) is 31.9 Å². The first-order chi connectivity index (χ1) is 11.7. The molecule has 0 bridgehead atoms. The van der Waals surface area contributed by atoms with E-state index in [9.17, 15) is 13.2 Å². The highest BCUT2D eigenvalue weighted by Crippen LogP contribution is 2.17. The molecule has 0 radical (unpaired) electrons. The van der Waals surface area contributed by atoms with Crippen LogP contribution >= 0.6 is 0 Å². The van der Waals surface area contributed by atoms with Gasteiger partial charge in [0.2, 0.25) is 0 Å². The Morgan fingerprint density at radius 3 is 2.08 bits per heavy atom. The van der Waals surface area contributed by atoms with E-state index in [0.717, 1.165) is 56.2 Å². The van der Waals surface area contributed by atoms with Gasteiger partial charge in [-0.2, -0.15) is 8.42 Å². The second-order valence-electron chi connectivity index (χ2n) is 6.82. The summed E-state index contributed by atoms with van der Waals surface area (Å²) in [5, 5.41) is 0. The minimum atomic E-state index is -3.93. The fourth-order valence-corrected chi connectivity index (χ4v) is 3.50. The van der Waals surface area contributed by atoms with Crippen molar-refractivity contribution in [3.63, 3.8) is 0 Å².